The number of morpholine rings is 1. The van der Waals surface area contributed by atoms with E-state index in [2.05, 4.69) is 5.32 Å². The maximum absolute atomic E-state index is 6.10. The highest BCUT2D eigenvalue weighted by Crippen LogP contribution is 2.30. The molecule has 1 aliphatic heterocycles. The van der Waals surface area contributed by atoms with Crippen molar-refractivity contribution in [3.63, 3.8) is 0 Å². The van der Waals surface area contributed by atoms with E-state index in [1.165, 1.54) is 0 Å². The van der Waals surface area contributed by atoms with Crippen LogP contribution >= 0.6 is 35.6 Å². The molecule has 1 aliphatic rings. The molecule has 0 radical (unpaired) electrons. The molecule has 1 aromatic rings. The first-order valence-corrected chi connectivity index (χ1v) is 5.29. The minimum Gasteiger partial charge on any atom is -0.378 e. The second kappa shape index (κ2) is 5.92. The van der Waals surface area contributed by atoms with Gasteiger partial charge in [0.1, 0.15) is 0 Å². The van der Waals surface area contributed by atoms with Gasteiger partial charge in [-0.15, -0.1) is 12.4 Å². The highest BCUT2D eigenvalue weighted by atomic mass is 35.5. The van der Waals surface area contributed by atoms with E-state index in [1.54, 1.807) is 6.07 Å². The van der Waals surface area contributed by atoms with Gasteiger partial charge in [-0.2, -0.15) is 0 Å². The number of nitrogens with one attached hydrogen (secondary N) is 1. The fraction of sp³-hybridized carbons (Fsp3) is 0.400. The molecule has 15 heavy (non-hydrogen) atoms. The van der Waals surface area contributed by atoms with Crippen molar-refractivity contribution in [2.75, 3.05) is 19.8 Å². The van der Waals surface area contributed by atoms with Crippen LogP contribution in [-0.2, 0) is 4.74 Å². The van der Waals surface area contributed by atoms with Crippen LogP contribution in [0.5, 0.6) is 0 Å². The number of benzene rings is 1. The third kappa shape index (κ3) is 2.99. The van der Waals surface area contributed by atoms with Crippen molar-refractivity contribution >= 4 is 35.6 Å². The molecule has 0 unspecified atom stereocenters. The molecule has 0 amide bonds. The lowest BCUT2D eigenvalue weighted by Gasteiger charge is -2.25. The summed E-state index contributed by atoms with van der Waals surface area (Å²) in [4.78, 5) is 0. The van der Waals surface area contributed by atoms with Gasteiger partial charge in [-0.3, -0.25) is 0 Å². The van der Waals surface area contributed by atoms with Crippen molar-refractivity contribution in [1.82, 2.24) is 5.32 Å². The summed E-state index contributed by atoms with van der Waals surface area (Å²) in [5.74, 6) is 0. The second-order valence-corrected chi connectivity index (χ2v) is 4.01. The summed E-state index contributed by atoms with van der Waals surface area (Å²) in [7, 11) is 0. The fourth-order valence-electron chi connectivity index (χ4n) is 1.55. The average Bonchev–Trinajstić information content (AvgIpc) is 2.23. The smallest absolute Gasteiger partial charge is 0.0662 e. The van der Waals surface area contributed by atoms with Crippen LogP contribution in [0, 0.1) is 0 Å². The van der Waals surface area contributed by atoms with Crippen LogP contribution in [0.2, 0.25) is 10.0 Å². The maximum Gasteiger partial charge on any atom is 0.0662 e. The van der Waals surface area contributed by atoms with Gasteiger partial charge < -0.3 is 10.1 Å². The number of rotatable bonds is 1. The molecule has 0 saturated carbocycles. The predicted molar refractivity (Wildman–Crippen MR) is 65.3 cm³/mol. The molecule has 0 spiro atoms. The van der Waals surface area contributed by atoms with E-state index in [9.17, 15) is 0 Å². The van der Waals surface area contributed by atoms with Crippen molar-refractivity contribution < 1.29 is 4.74 Å². The van der Waals surface area contributed by atoms with Crippen molar-refractivity contribution in [3.05, 3.63) is 33.8 Å². The largest absolute Gasteiger partial charge is 0.378 e. The Bertz CT molecular complexity index is 326. The predicted octanol–water partition coefficient (Wildman–Crippen LogP) is 3.08. The van der Waals surface area contributed by atoms with E-state index in [4.69, 9.17) is 27.9 Å². The highest BCUT2D eigenvalue weighted by Gasteiger charge is 2.18. The lowest BCUT2D eigenvalue weighted by Crippen LogP contribution is -2.34. The monoisotopic (exact) mass is 267 g/mol. The van der Waals surface area contributed by atoms with Gasteiger partial charge in [-0.1, -0.05) is 35.3 Å². The Morgan fingerprint density at radius 2 is 2.13 bits per heavy atom. The molecule has 84 valence electrons. The van der Waals surface area contributed by atoms with E-state index in [0.717, 1.165) is 18.7 Å². The molecule has 2 rings (SSSR count). The van der Waals surface area contributed by atoms with Crippen LogP contribution in [0.3, 0.4) is 0 Å². The Balaban J connectivity index is 0.00000112. The quantitative estimate of drug-likeness (QED) is 0.845. The third-order valence-electron chi connectivity index (χ3n) is 2.28. The molecule has 0 aromatic heterocycles. The Hall–Kier alpha value is 0.01000. The van der Waals surface area contributed by atoms with Gasteiger partial charge in [0, 0.05) is 6.54 Å². The lowest BCUT2D eigenvalue weighted by atomic mass is 10.1. The van der Waals surface area contributed by atoms with Gasteiger partial charge >= 0.3 is 0 Å². The summed E-state index contributed by atoms with van der Waals surface area (Å²) in [6, 6.07) is 5.83. The minimum atomic E-state index is 0. The summed E-state index contributed by atoms with van der Waals surface area (Å²) < 4.78 is 5.37. The molecule has 1 saturated heterocycles. The first-order chi connectivity index (χ1) is 6.79. The summed E-state index contributed by atoms with van der Waals surface area (Å²) in [5.41, 5.74) is 1.01. The van der Waals surface area contributed by atoms with Crippen LogP contribution in [0.15, 0.2) is 18.2 Å². The first kappa shape index (κ1) is 13.1. The van der Waals surface area contributed by atoms with Gasteiger partial charge in [0.2, 0.25) is 0 Å². The zero-order valence-corrected chi connectivity index (χ0v) is 10.3. The second-order valence-electron chi connectivity index (χ2n) is 3.22. The third-order valence-corrected chi connectivity index (χ3v) is 3.11. The minimum absolute atomic E-state index is 0. The standard InChI is InChI=1S/C10H11Cl2NO.ClH/c11-8-3-1-2-7(10(8)12)9-6-14-5-4-13-9;/h1-3,9,13H,4-6H2;1H/t9-;/m0./s1. The highest BCUT2D eigenvalue weighted by molar-refractivity contribution is 6.42. The maximum atomic E-state index is 6.10. The summed E-state index contributed by atoms with van der Waals surface area (Å²) in [6.45, 7) is 2.27. The SMILES string of the molecule is Cl.Clc1cccc([C@@H]2COCCN2)c1Cl. The number of halogens is 3. The number of ether oxygens (including phenoxy) is 1. The van der Waals surface area contributed by atoms with Gasteiger partial charge in [-0.05, 0) is 11.6 Å². The molecule has 1 heterocycles. The van der Waals surface area contributed by atoms with Crippen LogP contribution in [0.4, 0.5) is 0 Å². The number of hydrogen-bond acceptors (Lipinski definition) is 2. The van der Waals surface area contributed by atoms with Crippen molar-refractivity contribution in [3.8, 4) is 0 Å². The Morgan fingerprint density at radius 1 is 1.33 bits per heavy atom. The van der Waals surface area contributed by atoms with Gasteiger partial charge in [0.25, 0.3) is 0 Å². The topological polar surface area (TPSA) is 21.3 Å². The van der Waals surface area contributed by atoms with E-state index < -0.39 is 0 Å². The summed E-state index contributed by atoms with van der Waals surface area (Å²) >= 11 is 12.0. The fourth-order valence-corrected chi connectivity index (χ4v) is 1.99. The molecule has 2 nitrogen and oxygen atoms in total. The van der Waals surface area contributed by atoms with E-state index >= 15 is 0 Å². The van der Waals surface area contributed by atoms with Crippen LogP contribution < -0.4 is 5.32 Å². The number of hydrogen-bond donors (Lipinski definition) is 1. The molecule has 1 fully saturated rings. The molecule has 1 atom stereocenters. The van der Waals surface area contributed by atoms with E-state index in [0.29, 0.717) is 16.7 Å². The normalized spacial score (nSPS) is 20.8. The molecular formula is C10H12Cl3NO. The molecule has 1 aromatic carbocycles. The molecular weight excluding hydrogens is 256 g/mol. The van der Waals surface area contributed by atoms with Gasteiger partial charge in [-0.25, -0.2) is 0 Å². The first-order valence-electron chi connectivity index (χ1n) is 4.54. The Labute approximate surface area is 105 Å². The summed E-state index contributed by atoms with van der Waals surface area (Å²) in [5, 5.41) is 4.55. The van der Waals surface area contributed by atoms with Crippen LogP contribution in [0.1, 0.15) is 11.6 Å². The zero-order valence-electron chi connectivity index (χ0n) is 8.00. The van der Waals surface area contributed by atoms with E-state index in [-0.39, 0.29) is 18.4 Å². The van der Waals surface area contributed by atoms with E-state index in [1.807, 2.05) is 12.1 Å². The van der Waals surface area contributed by atoms with Crippen molar-refractivity contribution in [1.29, 1.82) is 0 Å². The van der Waals surface area contributed by atoms with Gasteiger partial charge in [0.05, 0.1) is 29.3 Å². The Kier molecular flexibility index (Phi) is 5.16. The molecule has 0 aliphatic carbocycles. The zero-order chi connectivity index (χ0) is 9.97. The average molecular weight is 269 g/mol. The van der Waals surface area contributed by atoms with Crippen LogP contribution in [0.25, 0.3) is 0 Å². The van der Waals surface area contributed by atoms with Crippen LogP contribution in [-0.4, -0.2) is 19.8 Å². The molecule has 5 heteroatoms. The molecule has 0 bridgehead atoms. The summed E-state index contributed by atoms with van der Waals surface area (Å²) in [6.07, 6.45) is 0. The van der Waals surface area contributed by atoms with Crippen molar-refractivity contribution in [2.24, 2.45) is 0 Å². The molecule has 1 N–H and O–H groups in total. The Morgan fingerprint density at radius 3 is 2.80 bits per heavy atom. The lowest BCUT2D eigenvalue weighted by molar-refractivity contribution is 0.0769. The van der Waals surface area contributed by atoms with Gasteiger partial charge in [0.15, 0.2) is 0 Å². The van der Waals surface area contributed by atoms with Crippen molar-refractivity contribution in [2.45, 2.75) is 6.04 Å².